The van der Waals surface area contributed by atoms with E-state index in [-0.39, 0.29) is 29.3 Å². The minimum absolute atomic E-state index is 0.0799. The molecule has 3 unspecified atom stereocenters. The Morgan fingerprint density at radius 2 is 1.74 bits per heavy atom. The molecule has 19 heavy (non-hydrogen) atoms. The number of hydrogen-bond acceptors (Lipinski definition) is 4. The average Bonchev–Trinajstić information content (AvgIpc) is 2.68. The van der Waals surface area contributed by atoms with Crippen LogP contribution in [0, 0.1) is 25.7 Å². The van der Waals surface area contributed by atoms with Crippen LogP contribution in [0.1, 0.15) is 57.1 Å². The van der Waals surface area contributed by atoms with Gasteiger partial charge in [-0.1, -0.05) is 19.0 Å². The third-order valence-electron chi connectivity index (χ3n) is 3.90. The Hall–Kier alpha value is -1.45. The summed E-state index contributed by atoms with van der Waals surface area (Å²) in [5.41, 5.74) is 1.76. The molecular formula is C15H23NO3. The molecule has 0 aromatic carbocycles. The summed E-state index contributed by atoms with van der Waals surface area (Å²) < 4.78 is 5.24. The lowest BCUT2D eigenvalue weighted by atomic mass is 9.85. The van der Waals surface area contributed by atoms with E-state index in [0.717, 1.165) is 11.3 Å². The standard InChI is InChI=1S/C15H23NO3/c1-8(13(6)17)7-9(2)14(18)11(4)15-10(3)12(5)16-19-15/h8-9,11H,7H2,1-6H3. The first-order chi connectivity index (χ1) is 8.75. The van der Waals surface area contributed by atoms with Crippen molar-refractivity contribution in [2.75, 3.05) is 0 Å². The van der Waals surface area contributed by atoms with Gasteiger partial charge in [0.1, 0.15) is 17.3 Å². The molecule has 0 fully saturated rings. The molecule has 4 nitrogen and oxygen atoms in total. The van der Waals surface area contributed by atoms with Crippen LogP contribution in [0.15, 0.2) is 4.52 Å². The third kappa shape index (κ3) is 3.52. The van der Waals surface area contributed by atoms with Gasteiger partial charge in [-0.15, -0.1) is 0 Å². The van der Waals surface area contributed by atoms with Gasteiger partial charge in [-0.25, -0.2) is 0 Å². The van der Waals surface area contributed by atoms with Crippen molar-refractivity contribution in [3.05, 3.63) is 17.0 Å². The van der Waals surface area contributed by atoms with Crippen LogP contribution in [0.3, 0.4) is 0 Å². The topological polar surface area (TPSA) is 60.2 Å². The lowest BCUT2D eigenvalue weighted by molar-refractivity contribution is -0.125. The quantitative estimate of drug-likeness (QED) is 0.792. The molecule has 0 aliphatic rings. The highest BCUT2D eigenvalue weighted by atomic mass is 16.5. The van der Waals surface area contributed by atoms with E-state index in [4.69, 9.17) is 4.52 Å². The normalized spacial score (nSPS) is 15.9. The number of aryl methyl sites for hydroxylation is 1. The van der Waals surface area contributed by atoms with Gasteiger partial charge < -0.3 is 4.52 Å². The molecule has 0 aliphatic heterocycles. The Bertz CT molecular complexity index is 476. The summed E-state index contributed by atoms with van der Waals surface area (Å²) in [6.45, 7) is 10.9. The molecule has 1 rings (SSSR count). The maximum atomic E-state index is 12.4. The van der Waals surface area contributed by atoms with Gasteiger partial charge in [0.25, 0.3) is 0 Å². The van der Waals surface area contributed by atoms with E-state index < -0.39 is 0 Å². The molecule has 1 aromatic rings. The molecule has 0 bridgehead atoms. The smallest absolute Gasteiger partial charge is 0.150 e. The van der Waals surface area contributed by atoms with Crippen molar-refractivity contribution in [1.29, 1.82) is 0 Å². The number of ketones is 2. The summed E-state index contributed by atoms with van der Waals surface area (Å²) in [6, 6.07) is 0. The third-order valence-corrected chi connectivity index (χ3v) is 3.90. The fraction of sp³-hybridized carbons (Fsp3) is 0.667. The molecule has 0 spiro atoms. The Kier molecular flexibility index (Phi) is 5.04. The summed E-state index contributed by atoms with van der Waals surface area (Å²) in [4.78, 5) is 23.6. The van der Waals surface area contributed by atoms with Gasteiger partial charge in [-0.05, 0) is 34.1 Å². The van der Waals surface area contributed by atoms with E-state index in [1.165, 1.54) is 0 Å². The van der Waals surface area contributed by atoms with Gasteiger partial charge in [0, 0.05) is 17.4 Å². The summed E-state index contributed by atoms with van der Waals surface area (Å²) in [5, 5.41) is 3.89. The summed E-state index contributed by atoms with van der Waals surface area (Å²) in [5.74, 6) is 0.328. The number of Topliss-reactive ketones (excluding diaryl/α,β-unsaturated/α-hetero) is 2. The van der Waals surface area contributed by atoms with Gasteiger partial charge in [-0.2, -0.15) is 0 Å². The van der Waals surface area contributed by atoms with Crippen molar-refractivity contribution >= 4 is 11.6 Å². The van der Waals surface area contributed by atoms with Crippen molar-refractivity contribution in [2.45, 2.75) is 53.9 Å². The van der Waals surface area contributed by atoms with E-state index >= 15 is 0 Å². The molecule has 0 N–H and O–H groups in total. The van der Waals surface area contributed by atoms with Crippen LogP contribution >= 0.6 is 0 Å². The fourth-order valence-corrected chi connectivity index (χ4v) is 2.21. The van der Waals surface area contributed by atoms with Crippen molar-refractivity contribution in [1.82, 2.24) is 5.16 Å². The summed E-state index contributed by atoms with van der Waals surface area (Å²) in [7, 11) is 0. The summed E-state index contributed by atoms with van der Waals surface area (Å²) in [6.07, 6.45) is 0.588. The van der Waals surface area contributed by atoms with Crippen LogP contribution in [0.2, 0.25) is 0 Å². The maximum Gasteiger partial charge on any atom is 0.150 e. The molecule has 0 radical (unpaired) electrons. The fourth-order valence-electron chi connectivity index (χ4n) is 2.21. The zero-order chi connectivity index (χ0) is 14.7. The maximum absolute atomic E-state index is 12.4. The number of carbonyl (C=O) groups excluding carboxylic acids is 2. The molecule has 3 atom stereocenters. The molecule has 0 amide bonds. The Morgan fingerprint density at radius 3 is 2.16 bits per heavy atom. The minimum atomic E-state index is -0.310. The van der Waals surface area contributed by atoms with Crippen LogP contribution in [0.5, 0.6) is 0 Å². The lowest BCUT2D eigenvalue weighted by Crippen LogP contribution is -2.22. The number of carbonyl (C=O) groups is 2. The van der Waals surface area contributed by atoms with Crippen LogP contribution in [0.4, 0.5) is 0 Å². The molecule has 1 aromatic heterocycles. The molecule has 106 valence electrons. The van der Waals surface area contributed by atoms with Gasteiger partial charge >= 0.3 is 0 Å². The number of nitrogens with zero attached hydrogens (tertiary/aromatic N) is 1. The van der Waals surface area contributed by atoms with Crippen LogP contribution in [-0.4, -0.2) is 16.7 Å². The Labute approximate surface area is 114 Å². The number of aromatic nitrogens is 1. The predicted octanol–water partition coefficient (Wildman–Crippen LogP) is 3.22. The highest BCUT2D eigenvalue weighted by molar-refractivity contribution is 5.87. The molecule has 1 heterocycles. The Balaban J connectivity index is 2.77. The monoisotopic (exact) mass is 265 g/mol. The highest BCUT2D eigenvalue weighted by Gasteiger charge is 2.28. The van der Waals surface area contributed by atoms with Crippen LogP contribution in [-0.2, 0) is 9.59 Å². The van der Waals surface area contributed by atoms with Crippen molar-refractivity contribution in [3.63, 3.8) is 0 Å². The minimum Gasteiger partial charge on any atom is -0.360 e. The summed E-state index contributed by atoms with van der Waals surface area (Å²) >= 11 is 0. The Morgan fingerprint density at radius 1 is 1.16 bits per heavy atom. The first-order valence-electron chi connectivity index (χ1n) is 6.72. The van der Waals surface area contributed by atoms with E-state index in [9.17, 15) is 9.59 Å². The largest absolute Gasteiger partial charge is 0.360 e. The molecule has 0 saturated carbocycles. The van der Waals surface area contributed by atoms with Crippen molar-refractivity contribution in [3.8, 4) is 0 Å². The average molecular weight is 265 g/mol. The van der Waals surface area contributed by atoms with Crippen LogP contribution < -0.4 is 0 Å². The van der Waals surface area contributed by atoms with Gasteiger partial charge in [0.2, 0.25) is 0 Å². The second-order valence-corrected chi connectivity index (χ2v) is 5.53. The second-order valence-electron chi connectivity index (χ2n) is 5.53. The zero-order valence-corrected chi connectivity index (χ0v) is 12.6. The van der Waals surface area contributed by atoms with Crippen molar-refractivity contribution in [2.24, 2.45) is 11.8 Å². The highest BCUT2D eigenvalue weighted by Crippen LogP contribution is 2.27. The van der Waals surface area contributed by atoms with E-state index in [0.29, 0.717) is 12.2 Å². The first kappa shape index (κ1) is 15.6. The first-order valence-corrected chi connectivity index (χ1v) is 6.72. The molecule has 0 aliphatic carbocycles. The van der Waals surface area contributed by atoms with Crippen molar-refractivity contribution < 1.29 is 14.1 Å². The SMILES string of the molecule is CC(=O)C(C)CC(C)C(=O)C(C)c1onc(C)c1C. The second kappa shape index (κ2) is 6.13. The van der Waals surface area contributed by atoms with E-state index in [1.54, 1.807) is 6.92 Å². The molecule has 0 saturated heterocycles. The van der Waals surface area contributed by atoms with Crippen LogP contribution in [0.25, 0.3) is 0 Å². The van der Waals surface area contributed by atoms with E-state index in [2.05, 4.69) is 5.16 Å². The number of hydrogen-bond donors (Lipinski definition) is 0. The van der Waals surface area contributed by atoms with E-state index in [1.807, 2.05) is 34.6 Å². The lowest BCUT2D eigenvalue weighted by Gasteiger charge is -2.17. The number of rotatable bonds is 6. The molecular weight excluding hydrogens is 242 g/mol. The zero-order valence-electron chi connectivity index (χ0n) is 12.6. The van der Waals surface area contributed by atoms with Gasteiger partial charge in [0.15, 0.2) is 0 Å². The predicted molar refractivity (Wildman–Crippen MR) is 73.0 cm³/mol. The van der Waals surface area contributed by atoms with Gasteiger partial charge in [-0.3, -0.25) is 9.59 Å². The molecule has 4 heteroatoms. The van der Waals surface area contributed by atoms with Gasteiger partial charge in [0.05, 0.1) is 11.6 Å².